The molecule has 0 aliphatic heterocycles. The van der Waals surface area contributed by atoms with Gasteiger partial charge in [-0.3, -0.25) is 4.79 Å². The van der Waals surface area contributed by atoms with Crippen LogP contribution in [-0.4, -0.2) is 33.8 Å². The minimum atomic E-state index is -0.165. The number of rotatable bonds is 8. The zero-order chi connectivity index (χ0) is 18.2. The maximum absolute atomic E-state index is 12.4. The summed E-state index contributed by atoms with van der Waals surface area (Å²) in [6.07, 6.45) is 0.164. The van der Waals surface area contributed by atoms with Crippen molar-refractivity contribution >= 4 is 11.6 Å². The van der Waals surface area contributed by atoms with E-state index in [0.717, 1.165) is 5.56 Å². The van der Waals surface area contributed by atoms with Gasteiger partial charge in [0.25, 0.3) is 0 Å². The highest BCUT2D eigenvalue weighted by Crippen LogP contribution is 2.38. The van der Waals surface area contributed by atoms with Crippen molar-refractivity contribution in [1.82, 2.24) is 0 Å². The fraction of sp³-hybridized carbons (Fsp3) is 0.316. The van der Waals surface area contributed by atoms with Gasteiger partial charge in [-0.25, -0.2) is 0 Å². The first-order valence-corrected chi connectivity index (χ1v) is 7.93. The second-order valence-corrected chi connectivity index (χ2v) is 5.19. The number of para-hydroxylation sites is 2. The lowest BCUT2D eigenvalue weighted by Gasteiger charge is -2.14. The molecule has 6 heteroatoms. The van der Waals surface area contributed by atoms with Gasteiger partial charge in [0.1, 0.15) is 5.75 Å². The Labute approximate surface area is 147 Å². The standard InChI is InChI=1S/C19H23NO5/c1-5-25-15-9-7-6-8-14(15)20-18(21)12-13-10-16(22-2)19(24-4)17(11-13)23-3/h6-11H,5,12H2,1-4H3,(H,20,21). The molecule has 0 spiro atoms. The van der Waals surface area contributed by atoms with E-state index < -0.39 is 0 Å². The van der Waals surface area contributed by atoms with Crippen molar-refractivity contribution in [2.75, 3.05) is 33.3 Å². The van der Waals surface area contributed by atoms with Crippen LogP contribution in [0.4, 0.5) is 5.69 Å². The minimum Gasteiger partial charge on any atom is -0.493 e. The van der Waals surface area contributed by atoms with E-state index in [1.165, 1.54) is 7.11 Å². The van der Waals surface area contributed by atoms with Gasteiger partial charge in [-0.2, -0.15) is 0 Å². The molecule has 1 amide bonds. The van der Waals surface area contributed by atoms with Gasteiger partial charge in [-0.05, 0) is 36.8 Å². The van der Waals surface area contributed by atoms with Gasteiger partial charge in [0.2, 0.25) is 11.7 Å². The largest absolute Gasteiger partial charge is 0.493 e. The summed E-state index contributed by atoms with van der Waals surface area (Å²) in [6, 6.07) is 10.8. The molecule has 2 aromatic carbocycles. The predicted molar refractivity (Wildman–Crippen MR) is 96.0 cm³/mol. The molecule has 0 aliphatic carbocycles. The molecule has 0 bridgehead atoms. The number of hydrogen-bond donors (Lipinski definition) is 1. The molecular formula is C19H23NO5. The normalized spacial score (nSPS) is 10.1. The van der Waals surface area contributed by atoms with Crippen LogP contribution in [-0.2, 0) is 11.2 Å². The van der Waals surface area contributed by atoms with E-state index in [9.17, 15) is 4.79 Å². The van der Waals surface area contributed by atoms with E-state index in [4.69, 9.17) is 18.9 Å². The summed E-state index contributed by atoms with van der Waals surface area (Å²) in [4.78, 5) is 12.4. The Balaban J connectivity index is 2.18. The quantitative estimate of drug-likeness (QED) is 0.795. The Hall–Kier alpha value is -2.89. The third-order valence-corrected chi connectivity index (χ3v) is 3.55. The molecule has 0 heterocycles. The first-order valence-electron chi connectivity index (χ1n) is 7.93. The van der Waals surface area contributed by atoms with Crippen molar-refractivity contribution in [3.63, 3.8) is 0 Å². The summed E-state index contributed by atoms with van der Waals surface area (Å²) in [6.45, 7) is 2.42. The van der Waals surface area contributed by atoms with E-state index in [1.54, 1.807) is 32.4 Å². The van der Waals surface area contributed by atoms with Crippen LogP contribution in [0.5, 0.6) is 23.0 Å². The number of benzene rings is 2. The average Bonchev–Trinajstić information content (AvgIpc) is 2.62. The second-order valence-electron chi connectivity index (χ2n) is 5.19. The molecule has 0 saturated carbocycles. The van der Waals surface area contributed by atoms with Gasteiger partial charge >= 0.3 is 0 Å². The molecule has 0 fully saturated rings. The van der Waals surface area contributed by atoms with Crippen molar-refractivity contribution < 1.29 is 23.7 Å². The Kier molecular flexibility index (Phi) is 6.51. The molecule has 0 aromatic heterocycles. The number of anilines is 1. The maximum Gasteiger partial charge on any atom is 0.228 e. The van der Waals surface area contributed by atoms with Crippen LogP contribution >= 0.6 is 0 Å². The van der Waals surface area contributed by atoms with E-state index in [-0.39, 0.29) is 12.3 Å². The monoisotopic (exact) mass is 345 g/mol. The highest BCUT2D eigenvalue weighted by atomic mass is 16.5. The number of methoxy groups -OCH3 is 3. The van der Waals surface area contributed by atoms with Crippen molar-refractivity contribution in [2.45, 2.75) is 13.3 Å². The molecule has 0 saturated heterocycles. The Morgan fingerprint density at radius 2 is 1.60 bits per heavy atom. The van der Waals surface area contributed by atoms with Gasteiger partial charge in [0, 0.05) is 0 Å². The Morgan fingerprint density at radius 3 is 2.16 bits per heavy atom. The fourth-order valence-electron chi connectivity index (χ4n) is 2.47. The molecule has 25 heavy (non-hydrogen) atoms. The summed E-state index contributed by atoms with van der Waals surface area (Å²) in [7, 11) is 4.62. The molecule has 6 nitrogen and oxygen atoms in total. The van der Waals surface area contributed by atoms with Gasteiger partial charge in [0.15, 0.2) is 11.5 Å². The molecular weight excluding hydrogens is 322 g/mol. The van der Waals surface area contributed by atoms with Crippen LogP contribution in [0.3, 0.4) is 0 Å². The topological polar surface area (TPSA) is 66.0 Å². The highest BCUT2D eigenvalue weighted by molar-refractivity contribution is 5.93. The summed E-state index contributed by atoms with van der Waals surface area (Å²) in [5.74, 6) is 2.00. The van der Waals surface area contributed by atoms with Crippen LogP contribution in [0.15, 0.2) is 36.4 Å². The number of carbonyl (C=O) groups excluding carboxylic acids is 1. The minimum absolute atomic E-state index is 0.164. The van der Waals surface area contributed by atoms with Gasteiger partial charge < -0.3 is 24.3 Å². The molecule has 2 rings (SSSR count). The molecule has 0 aliphatic rings. The van der Waals surface area contributed by atoms with Crippen molar-refractivity contribution in [1.29, 1.82) is 0 Å². The van der Waals surface area contributed by atoms with Crippen LogP contribution in [0, 0.1) is 0 Å². The van der Waals surface area contributed by atoms with Crippen LogP contribution < -0.4 is 24.3 Å². The number of amides is 1. The van der Waals surface area contributed by atoms with Crippen LogP contribution in [0.2, 0.25) is 0 Å². The van der Waals surface area contributed by atoms with Gasteiger partial charge in [0.05, 0.1) is 40.0 Å². The summed E-state index contributed by atoms with van der Waals surface area (Å²) < 4.78 is 21.4. The molecule has 1 N–H and O–H groups in total. The third-order valence-electron chi connectivity index (χ3n) is 3.55. The van der Waals surface area contributed by atoms with E-state index in [0.29, 0.717) is 35.3 Å². The lowest BCUT2D eigenvalue weighted by molar-refractivity contribution is -0.115. The van der Waals surface area contributed by atoms with E-state index in [2.05, 4.69) is 5.32 Å². The molecule has 0 atom stereocenters. The average molecular weight is 345 g/mol. The number of nitrogens with one attached hydrogen (secondary N) is 1. The Bertz CT molecular complexity index is 704. The number of ether oxygens (including phenoxy) is 4. The molecule has 0 unspecified atom stereocenters. The lowest BCUT2D eigenvalue weighted by atomic mass is 10.1. The van der Waals surface area contributed by atoms with Crippen molar-refractivity contribution in [3.05, 3.63) is 42.0 Å². The summed E-state index contributed by atoms with van der Waals surface area (Å²) >= 11 is 0. The third kappa shape index (κ3) is 4.56. The fourth-order valence-corrected chi connectivity index (χ4v) is 2.47. The Morgan fingerprint density at radius 1 is 0.960 bits per heavy atom. The lowest BCUT2D eigenvalue weighted by Crippen LogP contribution is -2.15. The maximum atomic E-state index is 12.4. The van der Waals surface area contributed by atoms with Crippen molar-refractivity contribution in [2.24, 2.45) is 0 Å². The van der Waals surface area contributed by atoms with Gasteiger partial charge in [-0.15, -0.1) is 0 Å². The highest BCUT2D eigenvalue weighted by Gasteiger charge is 2.15. The van der Waals surface area contributed by atoms with Gasteiger partial charge in [-0.1, -0.05) is 12.1 Å². The van der Waals surface area contributed by atoms with E-state index in [1.807, 2.05) is 25.1 Å². The number of hydrogen-bond acceptors (Lipinski definition) is 5. The van der Waals surface area contributed by atoms with Crippen LogP contribution in [0.1, 0.15) is 12.5 Å². The second kappa shape index (κ2) is 8.82. The van der Waals surface area contributed by atoms with Crippen LogP contribution in [0.25, 0.3) is 0 Å². The molecule has 2 aromatic rings. The smallest absolute Gasteiger partial charge is 0.228 e. The zero-order valence-corrected chi connectivity index (χ0v) is 14.9. The number of carbonyl (C=O) groups is 1. The summed E-state index contributed by atoms with van der Waals surface area (Å²) in [5.41, 5.74) is 1.39. The SMILES string of the molecule is CCOc1ccccc1NC(=O)Cc1cc(OC)c(OC)c(OC)c1. The predicted octanol–water partition coefficient (Wildman–Crippen LogP) is 3.29. The molecule has 0 radical (unpaired) electrons. The first-order chi connectivity index (χ1) is 12.1. The van der Waals surface area contributed by atoms with E-state index >= 15 is 0 Å². The summed E-state index contributed by atoms with van der Waals surface area (Å²) in [5, 5.41) is 2.87. The van der Waals surface area contributed by atoms with Crippen molar-refractivity contribution in [3.8, 4) is 23.0 Å². The zero-order valence-electron chi connectivity index (χ0n) is 14.9. The molecule has 134 valence electrons. The first kappa shape index (κ1) is 18.4.